The van der Waals surface area contributed by atoms with Crippen molar-refractivity contribution in [3.63, 3.8) is 0 Å². The molecule has 0 radical (unpaired) electrons. The highest BCUT2D eigenvalue weighted by molar-refractivity contribution is 7.97. The van der Waals surface area contributed by atoms with Crippen LogP contribution in [-0.2, 0) is 77.7 Å². The van der Waals surface area contributed by atoms with Gasteiger partial charge in [-0.15, -0.1) is 0 Å². The lowest BCUT2D eigenvalue weighted by molar-refractivity contribution is -0.154. The van der Waals surface area contributed by atoms with Gasteiger partial charge in [-0.05, 0) is 194 Å². The number of halogens is 3. The highest BCUT2D eigenvalue weighted by Crippen LogP contribution is 2.52. The van der Waals surface area contributed by atoms with Gasteiger partial charge in [0.25, 0.3) is 0 Å². The maximum atomic E-state index is 15.5. The minimum atomic E-state index is -2.94. The summed E-state index contributed by atoms with van der Waals surface area (Å²) >= 11 is 0. The summed E-state index contributed by atoms with van der Waals surface area (Å²) in [5.41, 5.74) is 5.14. The van der Waals surface area contributed by atoms with Crippen molar-refractivity contribution in [3.05, 3.63) is 148 Å². The van der Waals surface area contributed by atoms with E-state index in [4.69, 9.17) is 34.7 Å². The van der Waals surface area contributed by atoms with Crippen LogP contribution in [0.4, 0.5) is 18.9 Å². The molecule has 0 unspecified atom stereocenters. The number of anilines is 1. The number of amidine groups is 1. The number of ether oxygens (including phenoxy) is 4. The summed E-state index contributed by atoms with van der Waals surface area (Å²) < 4.78 is 120. The number of aromatic nitrogens is 2. The number of methoxy groups -OCH3 is 2. The number of hydrogen-bond acceptors (Lipinski definition) is 21. The van der Waals surface area contributed by atoms with Crippen LogP contribution in [0.2, 0.25) is 0 Å². The van der Waals surface area contributed by atoms with Crippen LogP contribution >= 0.6 is 0 Å². The average Bonchev–Trinajstić information content (AvgIpc) is 1.70. The Bertz CT molecular complexity index is 4620. The van der Waals surface area contributed by atoms with E-state index in [-0.39, 0.29) is 59.9 Å². The second-order valence-corrected chi connectivity index (χ2v) is 38.4. The van der Waals surface area contributed by atoms with E-state index in [1.54, 1.807) is 137 Å². The third-order valence-electron chi connectivity index (χ3n) is 20.1. The van der Waals surface area contributed by atoms with Gasteiger partial charge >= 0.3 is 11.9 Å². The minimum absolute atomic E-state index is 0.00687. The zero-order chi connectivity index (χ0) is 72.6. The van der Waals surface area contributed by atoms with E-state index in [1.165, 1.54) is 44.8 Å². The first-order chi connectivity index (χ1) is 46.0. The third kappa shape index (κ3) is 13.3. The van der Waals surface area contributed by atoms with Crippen LogP contribution in [0, 0.1) is 17.5 Å². The van der Waals surface area contributed by atoms with Crippen molar-refractivity contribution in [3.8, 4) is 11.5 Å². The number of Topliss-reactive ketones (excluding diaryl/α,β-unsaturated/α-hetero) is 2. The Balaban J connectivity index is 0.000000163. The summed E-state index contributed by atoms with van der Waals surface area (Å²) in [6, 6.07) is 20.2. The Morgan fingerprint density at radius 2 is 1.00 bits per heavy atom. The molecule has 532 valence electrons. The highest BCUT2D eigenvalue weighted by atomic mass is 32.2. The number of rotatable bonds is 12. The molecule has 0 aliphatic carbocycles. The first kappa shape index (κ1) is 73.8. The van der Waals surface area contributed by atoms with Crippen molar-refractivity contribution < 1.29 is 63.9 Å². The van der Waals surface area contributed by atoms with Crippen molar-refractivity contribution in [2.45, 2.75) is 200 Å². The molecule has 12 rings (SSSR count). The lowest BCUT2D eigenvalue weighted by Crippen LogP contribution is -2.58. The van der Waals surface area contributed by atoms with E-state index in [1.807, 2.05) is 20.8 Å². The zero-order valence-electron chi connectivity index (χ0n) is 59.0. The lowest BCUT2D eigenvalue weighted by atomic mass is 9.84. The van der Waals surface area contributed by atoms with Gasteiger partial charge in [0.1, 0.15) is 73.1 Å². The van der Waals surface area contributed by atoms with Crippen LogP contribution in [0.15, 0.2) is 119 Å². The summed E-state index contributed by atoms with van der Waals surface area (Å²) in [6.07, 6.45) is 4.27. The monoisotopic (exact) mass is 1420 g/mol. The van der Waals surface area contributed by atoms with Gasteiger partial charge in [0.2, 0.25) is 0 Å². The number of aliphatic imine (C=N–C) groups is 3. The molecule has 99 heavy (non-hydrogen) atoms. The summed E-state index contributed by atoms with van der Waals surface area (Å²) in [6.45, 7) is 26.1. The number of fused-ring (bicyclic) bond motifs is 8. The van der Waals surface area contributed by atoms with Crippen LogP contribution in [0.1, 0.15) is 178 Å². The van der Waals surface area contributed by atoms with Gasteiger partial charge in [-0.1, -0.05) is 12.1 Å². The number of cyclic esters (lactones) is 1. The maximum absolute atomic E-state index is 15.5. The summed E-state index contributed by atoms with van der Waals surface area (Å²) in [4.78, 5) is 74.0. The molecular weight excluding hydrogens is 1330 g/mol. The topological polar surface area (TPSA) is 294 Å². The van der Waals surface area contributed by atoms with Gasteiger partial charge in [0.05, 0.1) is 93.9 Å². The second kappa shape index (κ2) is 26.2. The summed E-state index contributed by atoms with van der Waals surface area (Å²) in [5.74, 6) is -1.52. The molecule has 3 aromatic carbocycles. The number of carbonyl (C=O) groups is 4. The molecule has 5 aromatic rings. The van der Waals surface area contributed by atoms with E-state index in [2.05, 4.69) is 33.4 Å². The first-order valence-electron chi connectivity index (χ1n) is 32.9. The van der Waals surface area contributed by atoms with Gasteiger partial charge in [-0.3, -0.25) is 34.2 Å². The molecule has 9 heterocycles. The Labute approximate surface area is 578 Å². The van der Waals surface area contributed by atoms with Gasteiger partial charge in [-0.2, -0.15) is 0 Å². The number of nitrogens with two attached hydrogens (primary N) is 1. The van der Waals surface area contributed by atoms with E-state index < -0.39 is 117 Å². The van der Waals surface area contributed by atoms with Crippen molar-refractivity contribution in [1.82, 2.24) is 9.97 Å². The minimum Gasteiger partial charge on any atom is -0.495 e. The molecule has 9 atom stereocenters. The molecule has 0 amide bonds. The molecule has 7 aliphatic heterocycles. The molecule has 7 aliphatic rings. The van der Waals surface area contributed by atoms with Crippen molar-refractivity contribution in [1.29, 1.82) is 0 Å². The number of carbonyl (C=O) groups excluding carboxylic acids is 4. The molecular formula is C72H89F3N10O11S3. The number of hydrogen-bond donors (Lipinski definition) is 2. The Morgan fingerprint density at radius 3 is 1.44 bits per heavy atom. The Kier molecular flexibility index (Phi) is 19.6. The van der Waals surface area contributed by atoms with Crippen molar-refractivity contribution >= 4 is 75.6 Å². The van der Waals surface area contributed by atoms with Gasteiger partial charge in [0, 0.05) is 66.3 Å². The van der Waals surface area contributed by atoms with Crippen molar-refractivity contribution in [2.24, 2.45) is 33.8 Å². The fourth-order valence-corrected chi connectivity index (χ4v) is 24.2. The highest BCUT2D eigenvalue weighted by Gasteiger charge is 2.60. The molecule has 21 nitrogen and oxygen atoms in total. The number of ketones is 2. The normalized spacial score (nSPS) is 29.3. The molecule has 3 N–H and O–H groups in total. The third-order valence-corrected chi connectivity index (χ3v) is 31.3. The second-order valence-electron chi connectivity index (χ2n) is 29.4. The number of nitrogens with zero attached hydrogens (tertiary/aromatic N) is 8. The molecule has 0 fully saturated rings. The van der Waals surface area contributed by atoms with Crippen LogP contribution in [-0.4, -0.2) is 139 Å². The van der Waals surface area contributed by atoms with E-state index in [0.29, 0.717) is 89.9 Å². The molecule has 0 spiro atoms. The fraction of sp³-hybridized carbons (Fsp3) is 0.514. The summed E-state index contributed by atoms with van der Waals surface area (Å²) in [5, 5.41) is 1.69. The number of pyridine rings is 2. The molecule has 4 bridgehead atoms. The predicted octanol–water partition coefficient (Wildman–Crippen LogP) is 11.9. The summed E-state index contributed by atoms with van der Waals surface area (Å²) in [7, 11) is -5.44. The maximum Gasteiger partial charge on any atom is 0.313 e. The molecule has 27 heteroatoms. The van der Waals surface area contributed by atoms with Gasteiger partial charge in [0.15, 0.2) is 17.3 Å². The SMILES string of the molecule is CC1(C)Nc2ccc(F)c(c2)[C@@]2(C)N=C(CC(=O)O1)C(C)(C)[S@@]1(=O)=NCC[C@@H]21.COc1ccc(C(=O)Cc2ccc(F)c([C@@]3(C)N=C(CC(=O)OC(C)(C)C)C(C)(C)[S@@]4(=O)=NCC[C@@H]34)c2)nc1.COc1ccc(C(=O)Cc2ccc(F)c([C@@]3(C)N=C(N)C(C)(C)[S@@]4(=O)=NCC[C@@H]34)c2)nc1. The molecule has 0 saturated heterocycles. The quantitative estimate of drug-likeness (QED) is 0.0867. The van der Waals surface area contributed by atoms with Crippen LogP contribution in [0.5, 0.6) is 11.5 Å². The van der Waals surface area contributed by atoms with E-state index in [0.717, 1.165) is 0 Å². The number of nitrogens with one attached hydrogen (secondary N) is 1. The number of esters is 2. The zero-order valence-corrected chi connectivity index (χ0v) is 61.4. The van der Waals surface area contributed by atoms with Gasteiger partial charge in [-0.25, -0.2) is 48.9 Å². The lowest BCUT2D eigenvalue weighted by Gasteiger charge is -2.46. The van der Waals surface area contributed by atoms with Crippen LogP contribution in [0.25, 0.3) is 0 Å². The largest absolute Gasteiger partial charge is 0.495 e. The number of benzene rings is 3. The predicted molar refractivity (Wildman–Crippen MR) is 378 cm³/mol. The average molecular weight is 1420 g/mol. The van der Waals surface area contributed by atoms with E-state index >= 15 is 13.2 Å². The smallest absolute Gasteiger partial charge is 0.313 e. The Hall–Kier alpha value is -7.91. The van der Waals surface area contributed by atoms with Crippen LogP contribution < -0.4 is 20.5 Å². The molecule has 2 aromatic heterocycles. The first-order valence-corrected chi connectivity index (χ1v) is 37.6. The van der Waals surface area contributed by atoms with E-state index in [9.17, 15) is 31.8 Å². The van der Waals surface area contributed by atoms with Crippen molar-refractivity contribution in [2.75, 3.05) is 39.2 Å². The fourth-order valence-electron chi connectivity index (χ4n) is 14.5. The van der Waals surface area contributed by atoms with Crippen LogP contribution in [0.3, 0.4) is 0 Å². The van der Waals surface area contributed by atoms with Gasteiger partial charge < -0.3 is 30.0 Å². The molecule has 0 saturated carbocycles. The Morgan fingerprint density at radius 1 is 0.576 bits per heavy atom. The standard InChI is InChI=1S/C29H36FN3O5S.C23H27FN4O3S.C20H26FN3O3S/c1-27(2,3)38-26(35)16-24-28(4,5)39(36)25(12-13-32-39)29(6,33-24)20-14-18(8-10-21(20)30)15-23(34)22-11-9-19(37-7)17-31-22;1-22(2)21(25)28-23(3,20-9-10-27-32(20,22)30)16-11-14(5-7-17(16)24)12-19(29)18-8-6-15(31-4)13-26-18;1-18(2)15-11-17(25)27-19(3,4)23-12-6-7-14(21)13(10-12)20(5,24-15)16-8-9-22-28(16,18)26/h8-11,14,17,25H,12-13,15-16H2,1-7H3;5-8,11,13,20H,9-10,12H2,1-4H3,(H2,25,28);6-7,10,16,23H,8-9,11H2,1-5H3/t25-,29+,39+;20-,23+,32+;16-,20+,28+/m000/s1.